The minimum atomic E-state index is -0.272. The highest BCUT2D eigenvalue weighted by Crippen LogP contribution is 2.34. The van der Waals surface area contributed by atoms with E-state index in [0.717, 1.165) is 44.2 Å². The lowest BCUT2D eigenvalue weighted by molar-refractivity contribution is 0.0951. The third-order valence-corrected chi connectivity index (χ3v) is 5.65. The fourth-order valence-electron chi connectivity index (χ4n) is 3.48. The summed E-state index contributed by atoms with van der Waals surface area (Å²) in [5, 5.41) is 5.32. The van der Waals surface area contributed by atoms with Gasteiger partial charge in [0.15, 0.2) is 0 Å². The Hall–Kier alpha value is -3.18. The van der Waals surface area contributed by atoms with Gasteiger partial charge in [0, 0.05) is 20.9 Å². The Bertz CT molecular complexity index is 1220. The van der Waals surface area contributed by atoms with Gasteiger partial charge in [0.1, 0.15) is 5.69 Å². The molecule has 1 heterocycles. The van der Waals surface area contributed by atoms with Crippen LogP contribution in [0.1, 0.15) is 35.5 Å². The number of fused-ring (bicyclic) bond motifs is 1. The number of rotatable bonds is 5. The number of H-pyrrole nitrogens is 1. The van der Waals surface area contributed by atoms with Gasteiger partial charge in [-0.1, -0.05) is 77.5 Å². The maximum Gasteiger partial charge on any atom is 0.288 e. The van der Waals surface area contributed by atoms with Gasteiger partial charge in [-0.25, -0.2) is 5.43 Å². The van der Waals surface area contributed by atoms with E-state index in [9.17, 15) is 4.79 Å². The number of hydrogen-bond donors (Lipinski definition) is 2. The Labute approximate surface area is 184 Å². The molecular formula is C25H22BrN3O. The summed E-state index contributed by atoms with van der Waals surface area (Å²) in [6.45, 7) is 4.01. The van der Waals surface area contributed by atoms with Crippen LogP contribution in [-0.4, -0.2) is 16.6 Å². The van der Waals surface area contributed by atoms with Crippen molar-refractivity contribution in [3.05, 3.63) is 94.1 Å². The molecule has 0 fully saturated rings. The van der Waals surface area contributed by atoms with E-state index in [1.165, 1.54) is 5.56 Å². The number of carbonyl (C=O) groups excluding carboxylic acids is 1. The molecule has 0 aliphatic heterocycles. The highest BCUT2D eigenvalue weighted by Gasteiger charge is 2.19. The van der Waals surface area contributed by atoms with E-state index in [4.69, 9.17) is 0 Å². The Balaban J connectivity index is 1.69. The number of carbonyl (C=O) groups is 1. The van der Waals surface area contributed by atoms with Gasteiger partial charge in [-0.15, -0.1) is 0 Å². The molecule has 0 unspecified atom stereocenters. The standard InChI is InChI=1S/C25H22BrN3O/c1-3-17-9-11-18(12-10-17)16(2)28-29-25(30)24-23(19-7-5-4-6-8-19)21-15-20(26)13-14-22(21)27-24/h4-15,27H,3H2,1-2H3,(H,29,30)/b28-16+. The van der Waals surface area contributed by atoms with Crippen LogP contribution in [0.25, 0.3) is 22.0 Å². The predicted octanol–water partition coefficient (Wildman–Crippen LogP) is 6.31. The predicted molar refractivity (Wildman–Crippen MR) is 127 cm³/mol. The van der Waals surface area contributed by atoms with Crippen LogP contribution in [0.15, 0.2) is 82.4 Å². The molecule has 0 aliphatic carbocycles. The summed E-state index contributed by atoms with van der Waals surface area (Å²) in [6, 6.07) is 24.1. The van der Waals surface area contributed by atoms with Crippen molar-refractivity contribution in [3.63, 3.8) is 0 Å². The number of benzene rings is 3. The van der Waals surface area contributed by atoms with Crippen LogP contribution in [0.2, 0.25) is 0 Å². The third kappa shape index (κ3) is 4.07. The first-order chi connectivity index (χ1) is 14.6. The summed E-state index contributed by atoms with van der Waals surface area (Å²) in [5.74, 6) is -0.272. The molecule has 0 saturated carbocycles. The molecule has 0 spiro atoms. The van der Waals surface area contributed by atoms with Crippen LogP contribution in [0.3, 0.4) is 0 Å². The van der Waals surface area contributed by atoms with Crippen molar-refractivity contribution in [3.8, 4) is 11.1 Å². The van der Waals surface area contributed by atoms with Gasteiger partial charge in [-0.3, -0.25) is 4.79 Å². The van der Waals surface area contributed by atoms with Crippen molar-refractivity contribution in [1.29, 1.82) is 0 Å². The van der Waals surface area contributed by atoms with Crippen molar-refractivity contribution >= 4 is 38.5 Å². The molecule has 0 saturated heterocycles. The minimum Gasteiger partial charge on any atom is -0.350 e. The van der Waals surface area contributed by atoms with Crippen LogP contribution in [0.4, 0.5) is 0 Å². The molecule has 0 aliphatic rings. The summed E-state index contributed by atoms with van der Waals surface area (Å²) in [4.78, 5) is 16.3. The normalized spacial score (nSPS) is 11.6. The number of hydrogen-bond acceptors (Lipinski definition) is 2. The zero-order valence-corrected chi connectivity index (χ0v) is 18.5. The van der Waals surface area contributed by atoms with Gasteiger partial charge in [-0.2, -0.15) is 5.10 Å². The zero-order valence-electron chi connectivity index (χ0n) is 16.9. The number of aromatic amines is 1. The van der Waals surface area contributed by atoms with Gasteiger partial charge in [-0.05, 0) is 48.2 Å². The molecule has 5 heteroatoms. The minimum absolute atomic E-state index is 0.272. The van der Waals surface area contributed by atoms with Crippen molar-refractivity contribution in [1.82, 2.24) is 10.4 Å². The summed E-state index contributed by atoms with van der Waals surface area (Å²) in [7, 11) is 0. The molecule has 150 valence electrons. The second-order valence-electron chi connectivity index (χ2n) is 7.12. The van der Waals surface area contributed by atoms with Crippen LogP contribution in [0.5, 0.6) is 0 Å². The number of nitrogens with zero attached hydrogens (tertiary/aromatic N) is 1. The fourth-order valence-corrected chi connectivity index (χ4v) is 3.84. The molecule has 4 aromatic rings. The highest BCUT2D eigenvalue weighted by molar-refractivity contribution is 9.10. The van der Waals surface area contributed by atoms with Crippen LogP contribution >= 0.6 is 15.9 Å². The number of hydrazone groups is 1. The molecule has 30 heavy (non-hydrogen) atoms. The van der Waals surface area contributed by atoms with Crippen LogP contribution in [0, 0.1) is 0 Å². The maximum absolute atomic E-state index is 13.1. The number of nitrogens with one attached hydrogen (secondary N) is 2. The monoisotopic (exact) mass is 459 g/mol. The van der Waals surface area contributed by atoms with Gasteiger partial charge < -0.3 is 4.98 Å². The van der Waals surface area contributed by atoms with Gasteiger partial charge in [0.2, 0.25) is 0 Å². The van der Waals surface area contributed by atoms with Crippen molar-refractivity contribution in [2.45, 2.75) is 20.3 Å². The Kier molecular flexibility index (Phi) is 5.81. The van der Waals surface area contributed by atoms with Crippen molar-refractivity contribution in [2.24, 2.45) is 5.10 Å². The average molecular weight is 460 g/mol. The second-order valence-corrected chi connectivity index (χ2v) is 8.04. The zero-order chi connectivity index (χ0) is 21.1. The van der Waals surface area contributed by atoms with E-state index in [2.05, 4.69) is 50.5 Å². The number of amides is 1. The van der Waals surface area contributed by atoms with Gasteiger partial charge in [0.25, 0.3) is 5.91 Å². The molecule has 2 N–H and O–H groups in total. The molecule has 4 nitrogen and oxygen atoms in total. The summed E-state index contributed by atoms with van der Waals surface area (Å²) in [5.41, 5.74) is 8.96. The van der Waals surface area contributed by atoms with Crippen LogP contribution in [-0.2, 0) is 6.42 Å². The van der Waals surface area contributed by atoms with Gasteiger partial charge in [0.05, 0.1) is 5.71 Å². The molecule has 1 aromatic heterocycles. The molecule has 1 amide bonds. The third-order valence-electron chi connectivity index (χ3n) is 5.16. The first-order valence-corrected chi connectivity index (χ1v) is 10.7. The van der Waals surface area contributed by atoms with Crippen molar-refractivity contribution in [2.75, 3.05) is 0 Å². The number of halogens is 1. The second kappa shape index (κ2) is 8.67. The molecule has 0 bridgehead atoms. The smallest absolute Gasteiger partial charge is 0.288 e. The van der Waals surface area contributed by atoms with E-state index in [1.807, 2.05) is 67.6 Å². The van der Waals surface area contributed by atoms with E-state index in [-0.39, 0.29) is 5.91 Å². The average Bonchev–Trinajstić information content (AvgIpc) is 3.16. The van der Waals surface area contributed by atoms with Crippen LogP contribution < -0.4 is 5.43 Å². The maximum atomic E-state index is 13.1. The quantitative estimate of drug-likeness (QED) is 0.266. The summed E-state index contributed by atoms with van der Waals surface area (Å²) >= 11 is 3.54. The SMILES string of the molecule is CCc1ccc(/C(C)=N/NC(=O)c2[nH]c3ccc(Br)cc3c2-c2ccccc2)cc1. The van der Waals surface area contributed by atoms with E-state index in [0.29, 0.717) is 5.69 Å². The summed E-state index contributed by atoms with van der Waals surface area (Å²) < 4.78 is 0.961. The van der Waals surface area contributed by atoms with Crippen molar-refractivity contribution < 1.29 is 4.79 Å². The first-order valence-electron chi connectivity index (χ1n) is 9.87. The first kappa shape index (κ1) is 20.1. The summed E-state index contributed by atoms with van der Waals surface area (Å²) in [6.07, 6.45) is 0.992. The molecular weight excluding hydrogens is 438 g/mol. The Morgan fingerprint density at radius 2 is 1.77 bits per heavy atom. The Morgan fingerprint density at radius 1 is 1.03 bits per heavy atom. The number of aromatic nitrogens is 1. The lowest BCUT2D eigenvalue weighted by atomic mass is 10.0. The van der Waals surface area contributed by atoms with E-state index in [1.54, 1.807) is 0 Å². The van der Waals surface area contributed by atoms with E-state index < -0.39 is 0 Å². The number of aryl methyl sites for hydroxylation is 1. The topological polar surface area (TPSA) is 57.2 Å². The fraction of sp³-hybridized carbons (Fsp3) is 0.120. The highest BCUT2D eigenvalue weighted by atomic mass is 79.9. The van der Waals surface area contributed by atoms with Gasteiger partial charge >= 0.3 is 0 Å². The lowest BCUT2D eigenvalue weighted by Gasteiger charge is -2.06. The Morgan fingerprint density at radius 3 is 2.47 bits per heavy atom. The molecule has 3 aromatic carbocycles. The molecule has 4 rings (SSSR count). The largest absolute Gasteiger partial charge is 0.350 e. The molecule has 0 atom stereocenters. The van der Waals surface area contributed by atoms with E-state index >= 15 is 0 Å². The molecule has 0 radical (unpaired) electrons. The lowest BCUT2D eigenvalue weighted by Crippen LogP contribution is -2.20.